The number of amides is 1. The van der Waals surface area contributed by atoms with Crippen LogP contribution >= 0.6 is 11.8 Å². The fourth-order valence-corrected chi connectivity index (χ4v) is 4.83. The van der Waals surface area contributed by atoms with E-state index in [0.717, 1.165) is 23.4 Å². The molecule has 1 saturated heterocycles. The van der Waals surface area contributed by atoms with Crippen molar-refractivity contribution in [2.75, 3.05) is 33.4 Å². The van der Waals surface area contributed by atoms with Crippen molar-refractivity contribution in [3.05, 3.63) is 59.2 Å². The van der Waals surface area contributed by atoms with Gasteiger partial charge in [0.2, 0.25) is 5.91 Å². The van der Waals surface area contributed by atoms with Crippen LogP contribution in [0, 0.1) is 0 Å². The molecule has 1 fully saturated rings. The normalized spacial score (nSPS) is 18.2. The number of alkyl halides is 3. The number of esters is 1. The molecule has 4 rings (SSSR count). The Balaban J connectivity index is 1.54. The largest absolute Gasteiger partial charge is 0.467 e. The molecule has 11 heteroatoms. The SMILES string of the molecule is COC(=O)C1CNCCN1C(=O)C=Cc1ccc(Sc2ccc3c(c2)CCOO3)c(C(F)(F)F)c1. The molecule has 2 aliphatic rings. The van der Waals surface area contributed by atoms with Gasteiger partial charge in [-0.2, -0.15) is 18.1 Å². The summed E-state index contributed by atoms with van der Waals surface area (Å²) in [7, 11) is 1.24. The van der Waals surface area contributed by atoms with Crippen molar-refractivity contribution in [1.82, 2.24) is 10.2 Å². The third-order valence-electron chi connectivity index (χ3n) is 5.59. The number of benzene rings is 2. The van der Waals surface area contributed by atoms with Crippen molar-refractivity contribution in [3.63, 3.8) is 0 Å². The highest BCUT2D eigenvalue weighted by atomic mass is 32.2. The van der Waals surface area contributed by atoms with Crippen molar-refractivity contribution < 1.29 is 37.3 Å². The highest BCUT2D eigenvalue weighted by Gasteiger charge is 2.34. The molecule has 0 radical (unpaired) electrons. The Labute approximate surface area is 204 Å². The first kappa shape index (κ1) is 25.1. The minimum Gasteiger partial charge on any atom is -0.467 e. The lowest BCUT2D eigenvalue weighted by molar-refractivity contribution is -0.215. The van der Waals surface area contributed by atoms with Crippen molar-refractivity contribution in [1.29, 1.82) is 0 Å². The van der Waals surface area contributed by atoms with Crippen molar-refractivity contribution in [2.45, 2.75) is 28.4 Å². The summed E-state index contributed by atoms with van der Waals surface area (Å²) in [5.74, 6) is -0.476. The topological polar surface area (TPSA) is 77.1 Å². The minimum absolute atomic E-state index is 0.0433. The Morgan fingerprint density at radius 1 is 1.23 bits per heavy atom. The van der Waals surface area contributed by atoms with Crippen molar-refractivity contribution in [3.8, 4) is 5.75 Å². The Hall–Kier alpha value is -3.02. The lowest BCUT2D eigenvalue weighted by Gasteiger charge is -2.33. The maximum Gasteiger partial charge on any atom is 0.417 e. The van der Waals surface area contributed by atoms with Crippen LogP contribution in [0.4, 0.5) is 13.2 Å². The fraction of sp³-hybridized carbons (Fsp3) is 0.333. The van der Waals surface area contributed by atoms with Gasteiger partial charge in [-0.1, -0.05) is 17.8 Å². The smallest absolute Gasteiger partial charge is 0.417 e. The van der Waals surface area contributed by atoms with Gasteiger partial charge in [0.05, 0.1) is 19.3 Å². The van der Waals surface area contributed by atoms with Gasteiger partial charge in [-0.15, -0.1) is 0 Å². The van der Waals surface area contributed by atoms with Gasteiger partial charge in [0.15, 0.2) is 5.75 Å². The predicted molar refractivity (Wildman–Crippen MR) is 122 cm³/mol. The van der Waals surface area contributed by atoms with Crippen LogP contribution in [0.25, 0.3) is 6.08 Å². The molecule has 2 aliphatic heterocycles. The van der Waals surface area contributed by atoms with Crippen LogP contribution in [0.3, 0.4) is 0 Å². The first-order valence-electron chi connectivity index (χ1n) is 10.8. The monoisotopic (exact) mass is 508 g/mol. The summed E-state index contributed by atoms with van der Waals surface area (Å²) in [6.07, 6.45) is -1.48. The summed E-state index contributed by atoms with van der Waals surface area (Å²) in [4.78, 5) is 36.7. The van der Waals surface area contributed by atoms with Gasteiger partial charge in [0.1, 0.15) is 6.04 Å². The van der Waals surface area contributed by atoms with E-state index < -0.39 is 29.7 Å². The zero-order valence-electron chi connectivity index (χ0n) is 18.8. The van der Waals surface area contributed by atoms with E-state index in [2.05, 4.69) is 5.32 Å². The van der Waals surface area contributed by atoms with Gasteiger partial charge < -0.3 is 19.8 Å². The first-order valence-corrected chi connectivity index (χ1v) is 11.7. The van der Waals surface area contributed by atoms with E-state index in [4.69, 9.17) is 14.5 Å². The first-order chi connectivity index (χ1) is 16.8. The molecular formula is C24H23F3N2O5S. The predicted octanol–water partition coefficient (Wildman–Crippen LogP) is 3.71. The lowest BCUT2D eigenvalue weighted by Crippen LogP contribution is -2.56. The molecule has 2 aromatic rings. The Bertz CT molecular complexity index is 1140. The zero-order valence-corrected chi connectivity index (χ0v) is 19.6. The number of methoxy groups -OCH3 is 1. The third kappa shape index (κ3) is 5.98. The van der Waals surface area contributed by atoms with Crippen LogP contribution in [0.15, 0.2) is 52.3 Å². The maximum atomic E-state index is 13.9. The molecule has 0 aromatic heterocycles. The van der Waals surface area contributed by atoms with Crippen LogP contribution in [0.5, 0.6) is 5.75 Å². The third-order valence-corrected chi connectivity index (χ3v) is 6.66. The number of piperazine rings is 1. The number of halogens is 3. The molecule has 2 heterocycles. The van der Waals surface area contributed by atoms with Gasteiger partial charge >= 0.3 is 12.1 Å². The van der Waals surface area contributed by atoms with Gasteiger partial charge in [-0.3, -0.25) is 4.79 Å². The van der Waals surface area contributed by atoms with Crippen LogP contribution in [-0.2, 0) is 31.8 Å². The molecule has 186 valence electrons. The van der Waals surface area contributed by atoms with Crippen LogP contribution < -0.4 is 10.2 Å². The second-order valence-electron chi connectivity index (χ2n) is 7.89. The number of carbonyl (C=O) groups is 2. The molecule has 35 heavy (non-hydrogen) atoms. The van der Waals surface area contributed by atoms with Crippen molar-refractivity contribution in [2.24, 2.45) is 0 Å². The highest BCUT2D eigenvalue weighted by molar-refractivity contribution is 7.99. The average Bonchev–Trinajstić information content (AvgIpc) is 2.86. The number of nitrogens with zero attached hydrogens (tertiary/aromatic N) is 1. The van der Waals surface area contributed by atoms with E-state index in [1.165, 1.54) is 36.3 Å². The number of carbonyl (C=O) groups excluding carboxylic acids is 2. The Morgan fingerprint density at radius 2 is 2.06 bits per heavy atom. The quantitative estimate of drug-likeness (QED) is 0.375. The van der Waals surface area contributed by atoms with Gasteiger partial charge in [-0.05, 0) is 42.0 Å². The fourth-order valence-electron chi connectivity index (χ4n) is 3.82. The minimum atomic E-state index is -4.59. The molecule has 1 unspecified atom stereocenters. The Kier molecular flexibility index (Phi) is 7.68. The van der Waals surface area contributed by atoms with Crippen LogP contribution in [0.2, 0.25) is 0 Å². The number of nitrogens with one attached hydrogen (secondary N) is 1. The standard InChI is InChI=1S/C24H23F3N2O5S/c1-32-23(31)19-14-28-9-10-29(19)22(30)7-3-15-2-6-21(18(12-15)24(25,26)27)35-17-4-5-20-16(13-17)8-11-33-34-20/h2-7,12-13,19,28H,8-11,14H2,1H3. The van der Waals surface area contributed by atoms with Crippen molar-refractivity contribution >= 4 is 29.7 Å². The summed E-state index contributed by atoms with van der Waals surface area (Å²) in [6.45, 7) is 1.41. The number of hydrogen-bond donors (Lipinski definition) is 1. The number of fused-ring (bicyclic) bond motifs is 1. The molecule has 0 bridgehead atoms. The van der Waals surface area contributed by atoms with E-state index in [9.17, 15) is 22.8 Å². The van der Waals surface area contributed by atoms with E-state index in [1.54, 1.807) is 18.2 Å². The average molecular weight is 509 g/mol. The molecule has 7 nitrogen and oxygen atoms in total. The van der Waals surface area contributed by atoms with E-state index in [-0.39, 0.29) is 23.5 Å². The molecule has 2 aromatic carbocycles. The maximum absolute atomic E-state index is 13.9. The Morgan fingerprint density at radius 3 is 2.83 bits per heavy atom. The molecule has 0 spiro atoms. The molecule has 0 aliphatic carbocycles. The van der Waals surface area contributed by atoms with Gasteiger partial charge in [0, 0.05) is 47.5 Å². The lowest BCUT2D eigenvalue weighted by atomic mass is 10.1. The van der Waals surface area contributed by atoms with E-state index >= 15 is 0 Å². The molecule has 1 N–H and O–H groups in total. The van der Waals surface area contributed by atoms with E-state index in [0.29, 0.717) is 30.2 Å². The van der Waals surface area contributed by atoms with Gasteiger partial charge in [0.25, 0.3) is 0 Å². The summed E-state index contributed by atoms with van der Waals surface area (Å²) in [5, 5.41) is 3.02. The number of rotatable bonds is 5. The molecule has 1 atom stereocenters. The van der Waals surface area contributed by atoms with Gasteiger partial charge in [-0.25, -0.2) is 4.79 Å². The summed E-state index contributed by atoms with van der Waals surface area (Å²) in [6, 6.07) is 8.27. The number of ether oxygens (including phenoxy) is 1. The molecule has 0 saturated carbocycles. The number of hydrogen-bond acceptors (Lipinski definition) is 7. The summed E-state index contributed by atoms with van der Waals surface area (Å²) in [5.41, 5.74) is 0.283. The second-order valence-corrected chi connectivity index (χ2v) is 9.00. The van der Waals surface area contributed by atoms with Crippen LogP contribution in [0.1, 0.15) is 16.7 Å². The highest BCUT2D eigenvalue weighted by Crippen LogP contribution is 2.41. The molecule has 1 amide bonds. The van der Waals surface area contributed by atoms with E-state index in [1.807, 2.05) is 0 Å². The summed E-state index contributed by atoms with van der Waals surface area (Å²) >= 11 is 1.00. The van der Waals surface area contributed by atoms with Crippen LogP contribution in [-0.4, -0.2) is 56.2 Å². The molecular weight excluding hydrogens is 485 g/mol. The summed E-state index contributed by atoms with van der Waals surface area (Å²) < 4.78 is 46.3. The second kappa shape index (κ2) is 10.7. The zero-order chi connectivity index (χ0) is 25.0.